The molecule has 2 saturated heterocycles. The maximum Gasteiger partial charge on any atom is 0.0961 e. The Morgan fingerprint density at radius 3 is 1.80 bits per heavy atom. The molecule has 3 unspecified atom stereocenters. The quantitative estimate of drug-likeness (QED) is 0.757. The summed E-state index contributed by atoms with van der Waals surface area (Å²) in [4.78, 5) is 0. The van der Waals surface area contributed by atoms with Crippen molar-refractivity contribution in [2.45, 2.75) is 24.7 Å². The smallest absolute Gasteiger partial charge is 0.0961 e. The topological polar surface area (TPSA) is 51.1 Å². The molecule has 3 atom stereocenters. The van der Waals surface area contributed by atoms with Crippen LogP contribution in [0.3, 0.4) is 0 Å². The molecule has 0 saturated carbocycles. The SMILES string of the molecule is NC(CC1CO1)C1CO1.c1ccccc1. The van der Waals surface area contributed by atoms with Crippen LogP contribution in [0, 0.1) is 0 Å². The van der Waals surface area contributed by atoms with E-state index in [0.717, 1.165) is 19.6 Å². The van der Waals surface area contributed by atoms with E-state index in [-0.39, 0.29) is 6.04 Å². The number of epoxide rings is 2. The van der Waals surface area contributed by atoms with Crippen LogP contribution < -0.4 is 5.73 Å². The molecule has 2 heterocycles. The second-order valence-corrected chi connectivity index (χ2v) is 3.88. The maximum atomic E-state index is 5.71. The van der Waals surface area contributed by atoms with Crippen LogP contribution in [-0.2, 0) is 9.47 Å². The Labute approximate surface area is 90.2 Å². The van der Waals surface area contributed by atoms with Crippen molar-refractivity contribution in [1.29, 1.82) is 0 Å². The summed E-state index contributed by atoms with van der Waals surface area (Å²) in [6.45, 7) is 1.76. The number of nitrogens with two attached hydrogens (primary N) is 1. The van der Waals surface area contributed by atoms with Crippen LogP contribution in [0.2, 0.25) is 0 Å². The van der Waals surface area contributed by atoms with E-state index in [0.29, 0.717) is 12.2 Å². The average Bonchev–Trinajstić information content (AvgIpc) is 3.15. The lowest BCUT2D eigenvalue weighted by Gasteiger charge is -2.03. The summed E-state index contributed by atoms with van der Waals surface area (Å²) in [6.07, 6.45) is 1.77. The van der Waals surface area contributed by atoms with Crippen molar-refractivity contribution in [2.75, 3.05) is 13.2 Å². The van der Waals surface area contributed by atoms with Crippen molar-refractivity contribution >= 4 is 0 Å². The van der Waals surface area contributed by atoms with E-state index in [1.165, 1.54) is 0 Å². The summed E-state index contributed by atoms with van der Waals surface area (Å²) in [5.74, 6) is 0. The Hall–Kier alpha value is -0.900. The fourth-order valence-electron chi connectivity index (χ4n) is 1.35. The molecule has 2 N–H and O–H groups in total. The largest absolute Gasteiger partial charge is 0.373 e. The van der Waals surface area contributed by atoms with Crippen LogP contribution in [0.5, 0.6) is 0 Å². The molecule has 2 aliphatic heterocycles. The van der Waals surface area contributed by atoms with Gasteiger partial charge in [-0.1, -0.05) is 36.4 Å². The molecule has 3 nitrogen and oxygen atoms in total. The average molecular weight is 207 g/mol. The van der Waals surface area contributed by atoms with E-state index in [1.807, 2.05) is 36.4 Å². The van der Waals surface area contributed by atoms with Crippen LogP contribution in [0.25, 0.3) is 0 Å². The van der Waals surface area contributed by atoms with Crippen LogP contribution in [0.15, 0.2) is 36.4 Å². The lowest BCUT2D eigenvalue weighted by atomic mass is 10.1. The normalized spacial score (nSPS) is 28.6. The summed E-state index contributed by atoms with van der Waals surface area (Å²) in [7, 11) is 0. The first-order valence-electron chi connectivity index (χ1n) is 5.35. The minimum atomic E-state index is 0.220. The van der Waals surface area contributed by atoms with E-state index in [1.54, 1.807) is 0 Å². The molecule has 1 aromatic rings. The lowest BCUT2D eigenvalue weighted by molar-refractivity contribution is 0.330. The third kappa shape index (κ3) is 4.42. The van der Waals surface area contributed by atoms with Crippen LogP contribution in [-0.4, -0.2) is 31.5 Å². The Kier molecular flexibility index (Phi) is 3.72. The Balaban J connectivity index is 0.000000124. The first kappa shape index (κ1) is 10.6. The molecule has 0 bridgehead atoms. The first-order chi connectivity index (χ1) is 7.36. The van der Waals surface area contributed by atoms with Gasteiger partial charge in [-0.2, -0.15) is 0 Å². The second-order valence-electron chi connectivity index (χ2n) is 3.88. The molecule has 0 amide bonds. The van der Waals surface area contributed by atoms with Gasteiger partial charge in [0.1, 0.15) is 0 Å². The van der Waals surface area contributed by atoms with Crippen LogP contribution >= 0.6 is 0 Å². The van der Waals surface area contributed by atoms with Crippen molar-refractivity contribution in [1.82, 2.24) is 0 Å². The zero-order valence-electron chi connectivity index (χ0n) is 8.71. The van der Waals surface area contributed by atoms with Gasteiger partial charge in [-0.05, 0) is 6.42 Å². The molecule has 3 heteroatoms. The van der Waals surface area contributed by atoms with Gasteiger partial charge in [0.15, 0.2) is 0 Å². The lowest BCUT2D eigenvalue weighted by Crippen LogP contribution is -2.28. The molecular formula is C12H17NO2. The van der Waals surface area contributed by atoms with Gasteiger partial charge in [0.2, 0.25) is 0 Å². The van der Waals surface area contributed by atoms with Crippen molar-refractivity contribution in [3.63, 3.8) is 0 Å². The predicted octanol–water partition coefficient (Wildman–Crippen LogP) is 1.19. The maximum absolute atomic E-state index is 5.71. The van der Waals surface area contributed by atoms with Gasteiger partial charge in [0, 0.05) is 6.04 Å². The molecular weight excluding hydrogens is 190 g/mol. The molecule has 0 spiro atoms. The number of benzene rings is 1. The summed E-state index contributed by atoms with van der Waals surface area (Å²) >= 11 is 0. The monoisotopic (exact) mass is 207 g/mol. The van der Waals surface area contributed by atoms with Crippen LogP contribution in [0.4, 0.5) is 0 Å². The Bertz CT molecular complexity index is 244. The number of hydrogen-bond donors (Lipinski definition) is 1. The Morgan fingerprint density at radius 1 is 1.00 bits per heavy atom. The molecule has 2 aliphatic rings. The van der Waals surface area contributed by atoms with Gasteiger partial charge >= 0.3 is 0 Å². The number of rotatable bonds is 3. The molecule has 0 radical (unpaired) electrons. The van der Waals surface area contributed by atoms with Gasteiger partial charge in [0.25, 0.3) is 0 Å². The predicted molar refractivity (Wildman–Crippen MR) is 58.5 cm³/mol. The van der Waals surface area contributed by atoms with Gasteiger partial charge in [-0.3, -0.25) is 0 Å². The van der Waals surface area contributed by atoms with E-state index >= 15 is 0 Å². The number of hydrogen-bond acceptors (Lipinski definition) is 3. The molecule has 82 valence electrons. The van der Waals surface area contributed by atoms with Gasteiger partial charge in [-0.15, -0.1) is 0 Å². The molecule has 15 heavy (non-hydrogen) atoms. The van der Waals surface area contributed by atoms with E-state index < -0.39 is 0 Å². The molecule has 3 rings (SSSR count). The van der Waals surface area contributed by atoms with E-state index in [9.17, 15) is 0 Å². The van der Waals surface area contributed by atoms with E-state index in [2.05, 4.69) is 0 Å². The highest BCUT2D eigenvalue weighted by atomic mass is 16.6. The summed E-state index contributed by atoms with van der Waals surface area (Å²) in [5.41, 5.74) is 5.71. The van der Waals surface area contributed by atoms with Crippen molar-refractivity contribution in [3.8, 4) is 0 Å². The fourth-order valence-corrected chi connectivity index (χ4v) is 1.35. The van der Waals surface area contributed by atoms with Gasteiger partial charge in [0.05, 0.1) is 25.4 Å². The van der Waals surface area contributed by atoms with Crippen molar-refractivity contribution in [3.05, 3.63) is 36.4 Å². The molecule has 0 aliphatic carbocycles. The summed E-state index contributed by atoms with van der Waals surface area (Å²) < 4.78 is 10.0. The number of ether oxygens (including phenoxy) is 2. The standard InChI is InChI=1S/C6H11NO2.C6H6/c7-5(6-3-9-6)1-4-2-8-4;1-2-4-6-5-3-1/h4-6H,1-3,7H2;1-6H. The highest BCUT2D eigenvalue weighted by Crippen LogP contribution is 2.21. The fraction of sp³-hybridized carbons (Fsp3) is 0.500. The van der Waals surface area contributed by atoms with E-state index in [4.69, 9.17) is 15.2 Å². The highest BCUT2D eigenvalue weighted by Gasteiger charge is 2.35. The Morgan fingerprint density at radius 2 is 1.47 bits per heavy atom. The molecule has 2 fully saturated rings. The minimum Gasteiger partial charge on any atom is -0.373 e. The first-order valence-corrected chi connectivity index (χ1v) is 5.35. The van der Waals surface area contributed by atoms with Gasteiger partial charge in [-0.25, -0.2) is 0 Å². The second kappa shape index (κ2) is 5.26. The summed E-state index contributed by atoms with van der Waals surface area (Å²) in [6, 6.07) is 12.2. The third-order valence-electron chi connectivity index (χ3n) is 2.44. The third-order valence-corrected chi connectivity index (χ3v) is 2.44. The van der Waals surface area contributed by atoms with Crippen molar-refractivity contribution < 1.29 is 9.47 Å². The summed E-state index contributed by atoms with van der Waals surface area (Å²) in [5, 5.41) is 0. The zero-order valence-corrected chi connectivity index (χ0v) is 8.71. The van der Waals surface area contributed by atoms with Crippen LogP contribution in [0.1, 0.15) is 6.42 Å². The van der Waals surface area contributed by atoms with Crippen molar-refractivity contribution in [2.24, 2.45) is 5.73 Å². The highest BCUT2D eigenvalue weighted by molar-refractivity contribution is 4.99. The molecule has 0 aromatic heterocycles. The van der Waals surface area contributed by atoms with Gasteiger partial charge < -0.3 is 15.2 Å². The zero-order chi connectivity index (χ0) is 10.5. The minimum absolute atomic E-state index is 0.220. The molecule has 1 aromatic carbocycles.